The molecule has 1 atom stereocenters. The molecule has 3 amide bonds. The van der Waals surface area contributed by atoms with Crippen LogP contribution in [0.4, 0.5) is 9.93 Å². The van der Waals surface area contributed by atoms with E-state index in [-0.39, 0.29) is 24.4 Å². The highest BCUT2D eigenvalue weighted by Gasteiger charge is 2.23. The number of nitrogens with one attached hydrogen (secondary N) is 2. The van der Waals surface area contributed by atoms with Crippen molar-refractivity contribution in [3.05, 3.63) is 33.5 Å². The fourth-order valence-corrected chi connectivity index (χ4v) is 4.53. The summed E-state index contributed by atoms with van der Waals surface area (Å²) in [7, 11) is 0. The maximum Gasteiger partial charge on any atom is 0.323 e. The predicted molar refractivity (Wildman–Crippen MR) is 101 cm³/mol. The second kappa shape index (κ2) is 7.97. The molecule has 1 saturated heterocycles. The number of nitrogens with zero attached hydrogens (tertiary/aromatic N) is 2. The van der Waals surface area contributed by atoms with Crippen molar-refractivity contribution in [3.63, 3.8) is 0 Å². The Hall–Kier alpha value is -1.93. The van der Waals surface area contributed by atoms with Crippen molar-refractivity contribution >= 4 is 39.7 Å². The molecular weight excluding hydrogens is 356 g/mol. The van der Waals surface area contributed by atoms with E-state index >= 15 is 0 Å². The summed E-state index contributed by atoms with van der Waals surface area (Å²) in [5.41, 5.74) is 0.699. The van der Waals surface area contributed by atoms with Crippen LogP contribution < -0.4 is 15.5 Å². The average Bonchev–Trinajstić information content (AvgIpc) is 3.24. The minimum Gasteiger partial charge on any atom is -0.348 e. The summed E-state index contributed by atoms with van der Waals surface area (Å²) in [5.74, 6) is 0.262. The maximum atomic E-state index is 12.4. The third-order valence-corrected chi connectivity index (χ3v) is 5.89. The van der Waals surface area contributed by atoms with Crippen LogP contribution in [-0.4, -0.2) is 30.0 Å². The Morgan fingerprint density at radius 2 is 2.28 bits per heavy atom. The van der Waals surface area contributed by atoms with Gasteiger partial charge in [0, 0.05) is 23.3 Å². The normalized spacial score (nSPS) is 16.0. The number of amides is 3. The first-order chi connectivity index (χ1) is 12.0. The SMILES string of the molecule is CC(C)[C@H](NC(=O)Cc1csc(N2CCCNC2=O)n1)c1cccs1. The summed E-state index contributed by atoms with van der Waals surface area (Å²) in [5, 5.41) is 10.4. The van der Waals surface area contributed by atoms with Crippen molar-refractivity contribution in [3.8, 4) is 0 Å². The summed E-state index contributed by atoms with van der Waals surface area (Å²) in [6.07, 6.45) is 1.12. The Labute approximate surface area is 155 Å². The lowest BCUT2D eigenvalue weighted by molar-refractivity contribution is -0.121. The van der Waals surface area contributed by atoms with Crippen molar-refractivity contribution < 1.29 is 9.59 Å². The van der Waals surface area contributed by atoms with Gasteiger partial charge in [0.1, 0.15) is 0 Å². The Morgan fingerprint density at radius 1 is 1.44 bits per heavy atom. The van der Waals surface area contributed by atoms with Crippen LogP contribution >= 0.6 is 22.7 Å². The highest BCUT2D eigenvalue weighted by Crippen LogP contribution is 2.26. The van der Waals surface area contributed by atoms with Crippen LogP contribution in [0.15, 0.2) is 22.9 Å². The molecule has 1 aliphatic rings. The zero-order chi connectivity index (χ0) is 17.8. The van der Waals surface area contributed by atoms with Crippen molar-refractivity contribution in [2.75, 3.05) is 18.0 Å². The average molecular weight is 379 g/mol. The quantitative estimate of drug-likeness (QED) is 0.811. The zero-order valence-electron chi connectivity index (χ0n) is 14.3. The van der Waals surface area contributed by atoms with Gasteiger partial charge in [-0.3, -0.25) is 9.69 Å². The van der Waals surface area contributed by atoms with Crippen molar-refractivity contribution in [2.45, 2.75) is 32.7 Å². The third kappa shape index (κ3) is 4.38. The molecule has 0 bridgehead atoms. The number of anilines is 1. The number of carbonyl (C=O) groups is 2. The smallest absolute Gasteiger partial charge is 0.323 e. The number of aromatic nitrogens is 1. The van der Waals surface area contributed by atoms with Gasteiger partial charge in [0.25, 0.3) is 0 Å². The van der Waals surface area contributed by atoms with Crippen LogP contribution in [0.3, 0.4) is 0 Å². The first-order valence-corrected chi connectivity index (χ1v) is 10.1. The van der Waals surface area contributed by atoms with Gasteiger partial charge < -0.3 is 10.6 Å². The summed E-state index contributed by atoms with van der Waals surface area (Å²) >= 11 is 3.05. The molecule has 2 aromatic rings. The van der Waals surface area contributed by atoms with Gasteiger partial charge >= 0.3 is 6.03 Å². The molecule has 6 nitrogen and oxygen atoms in total. The van der Waals surface area contributed by atoms with Crippen molar-refractivity contribution in [1.29, 1.82) is 0 Å². The molecule has 0 aliphatic carbocycles. The van der Waals surface area contributed by atoms with Crippen molar-refractivity contribution in [1.82, 2.24) is 15.6 Å². The monoisotopic (exact) mass is 378 g/mol. The largest absolute Gasteiger partial charge is 0.348 e. The molecule has 3 rings (SSSR count). The van der Waals surface area contributed by atoms with E-state index in [0.717, 1.165) is 11.3 Å². The number of hydrogen-bond donors (Lipinski definition) is 2. The molecule has 0 radical (unpaired) electrons. The van der Waals surface area contributed by atoms with Crippen LogP contribution in [0.5, 0.6) is 0 Å². The molecule has 0 unspecified atom stereocenters. The summed E-state index contributed by atoms with van der Waals surface area (Å²) in [6, 6.07) is 3.94. The van der Waals surface area contributed by atoms with Gasteiger partial charge in [-0.25, -0.2) is 9.78 Å². The molecule has 0 saturated carbocycles. The Bertz CT molecular complexity index is 727. The molecule has 3 heterocycles. The summed E-state index contributed by atoms with van der Waals surface area (Å²) < 4.78 is 0. The topological polar surface area (TPSA) is 74.3 Å². The number of thiazole rings is 1. The van der Waals surface area contributed by atoms with E-state index in [9.17, 15) is 9.59 Å². The maximum absolute atomic E-state index is 12.4. The van der Waals surface area contributed by atoms with E-state index in [1.165, 1.54) is 11.3 Å². The predicted octanol–water partition coefficient (Wildman–Crippen LogP) is 3.18. The second-order valence-corrected chi connectivity index (χ2v) is 8.16. The van der Waals surface area contributed by atoms with Crippen LogP contribution in [-0.2, 0) is 11.2 Å². The van der Waals surface area contributed by atoms with Crippen LogP contribution in [0.2, 0.25) is 0 Å². The number of thiophene rings is 1. The molecule has 1 aliphatic heterocycles. The molecule has 8 heteroatoms. The lowest BCUT2D eigenvalue weighted by Gasteiger charge is -2.24. The van der Waals surface area contributed by atoms with E-state index in [1.807, 2.05) is 22.9 Å². The number of hydrogen-bond acceptors (Lipinski definition) is 5. The summed E-state index contributed by atoms with van der Waals surface area (Å²) in [4.78, 5) is 31.6. The molecule has 25 heavy (non-hydrogen) atoms. The third-order valence-electron chi connectivity index (χ3n) is 4.02. The van der Waals surface area contributed by atoms with E-state index in [4.69, 9.17) is 0 Å². The van der Waals surface area contributed by atoms with E-state index in [2.05, 4.69) is 29.5 Å². The zero-order valence-corrected chi connectivity index (χ0v) is 16.0. The minimum absolute atomic E-state index is 0.0125. The fraction of sp³-hybridized carbons (Fsp3) is 0.471. The Morgan fingerprint density at radius 3 is 2.96 bits per heavy atom. The molecule has 2 N–H and O–H groups in total. The van der Waals surface area contributed by atoms with Gasteiger partial charge in [-0.2, -0.15) is 0 Å². The van der Waals surface area contributed by atoms with E-state index < -0.39 is 0 Å². The molecule has 134 valence electrons. The van der Waals surface area contributed by atoms with Gasteiger partial charge in [0.15, 0.2) is 5.13 Å². The van der Waals surface area contributed by atoms with E-state index in [1.54, 1.807) is 16.2 Å². The van der Waals surface area contributed by atoms with Crippen LogP contribution in [0, 0.1) is 5.92 Å². The number of rotatable bonds is 6. The molecule has 0 aromatic carbocycles. The van der Waals surface area contributed by atoms with Gasteiger partial charge in [-0.15, -0.1) is 22.7 Å². The molecule has 2 aromatic heterocycles. The standard InChI is InChI=1S/C17H22N4O2S2/c1-11(2)15(13-5-3-8-24-13)20-14(22)9-12-10-25-17(19-12)21-7-4-6-18-16(21)23/h3,5,8,10-11,15H,4,6-7,9H2,1-2H3,(H,18,23)(H,20,22)/t15-/m0/s1. The summed E-state index contributed by atoms with van der Waals surface area (Å²) in [6.45, 7) is 5.56. The van der Waals surface area contributed by atoms with Crippen LogP contribution in [0.1, 0.15) is 36.9 Å². The Kier molecular flexibility index (Phi) is 5.70. The number of urea groups is 1. The lowest BCUT2D eigenvalue weighted by Crippen LogP contribution is -2.46. The lowest BCUT2D eigenvalue weighted by atomic mass is 10.0. The first-order valence-electron chi connectivity index (χ1n) is 8.37. The molecule has 0 spiro atoms. The van der Waals surface area contributed by atoms with Gasteiger partial charge in [0.05, 0.1) is 18.2 Å². The molecule has 1 fully saturated rings. The Balaban J connectivity index is 1.62. The molecular formula is C17H22N4O2S2. The highest BCUT2D eigenvalue weighted by atomic mass is 32.1. The van der Waals surface area contributed by atoms with Crippen LogP contribution in [0.25, 0.3) is 0 Å². The van der Waals surface area contributed by atoms with Gasteiger partial charge in [-0.1, -0.05) is 19.9 Å². The minimum atomic E-state index is -0.117. The number of carbonyl (C=O) groups excluding carboxylic acids is 2. The van der Waals surface area contributed by atoms with E-state index in [0.29, 0.717) is 29.8 Å². The highest BCUT2D eigenvalue weighted by molar-refractivity contribution is 7.14. The van der Waals surface area contributed by atoms with Crippen molar-refractivity contribution in [2.24, 2.45) is 5.92 Å². The van der Waals surface area contributed by atoms with Gasteiger partial charge in [-0.05, 0) is 23.8 Å². The van der Waals surface area contributed by atoms with Gasteiger partial charge in [0.2, 0.25) is 5.91 Å². The second-order valence-electron chi connectivity index (χ2n) is 6.34. The fourth-order valence-electron chi connectivity index (χ4n) is 2.74. The first kappa shape index (κ1) is 17.9.